The molecular formula is C16H27NO3. The molecule has 2 N–H and O–H groups in total. The molecule has 1 atom stereocenters. The minimum atomic E-state index is -0.687. The van der Waals surface area contributed by atoms with Crippen molar-refractivity contribution in [3.05, 3.63) is 23.8 Å². The van der Waals surface area contributed by atoms with Crippen LogP contribution in [-0.2, 0) is 6.54 Å². The Bertz CT molecular complexity index is 416. The molecule has 1 aromatic carbocycles. The summed E-state index contributed by atoms with van der Waals surface area (Å²) in [7, 11) is 3.28. The molecule has 1 aromatic rings. The average Bonchev–Trinajstić information content (AvgIpc) is 2.37. The standard InChI is InChI=1S/C16H27NO3/c1-12(2)9-16(3,18)11-17-10-13-6-7-14(19-4)8-15(13)20-5/h6-8,12,17-18H,9-11H2,1-5H3. The van der Waals surface area contributed by atoms with Crippen LogP contribution in [0.1, 0.15) is 32.8 Å². The quantitative estimate of drug-likeness (QED) is 0.769. The first-order valence-corrected chi connectivity index (χ1v) is 7.02. The maximum Gasteiger partial charge on any atom is 0.127 e. The van der Waals surface area contributed by atoms with Gasteiger partial charge in [-0.1, -0.05) is 19.9 Å². The largest absolute Gasteiger partial charge is 0.497 e. The van der Waals surface area contributed by atoms with Crippen LogP contribution in [0.5, 0.6) is 11.5 Å². The Morgan fingerprint density at radius 1 is 1.25 bits per heavy atom. The third-order valence-corrected chi connectivity index (χ3v) is 3.16. The summed E-state index contributed by atoms with van der Waals surface area (Å²) in [5.41, 5.74) is 0.363. The Morgan fingerprint density at radius 2 is 1.95 bits per heavy atom. The van der Waals surface area contributed by atoms with Gasteiger partial charge in [0.25, 0.3) is 0 Å². The van der Waals surface area contributed by atoms with Crippen LogP contribution in [0, 0.1) is 5.92 Å². The van der Waals surface area contributed by atoms with Gasteiger partial charge in [0.2, 0.25) is 0 Å². The molecule has 1 rings (SSSR count). The number of ether oxygens (including phenoxy) is 2. The summed E-state index contributed by atoms with van der Waals surface area (Å²) in [5, 5.41) is 13.5. The van der Waals surface area contributed by atoms with E-state index < -0.39 is 5.60 Å². The highest BCUT2D eigenvalue weighted by Gasteiger charge is 2.21. The first kappa shape index (κ1) is 16.8. The maximum absolute atomic E-state index is 10.3. The van der Waals surface area contributed by atoms with Gasteiger partial charge in [-0.15, -0.1) is 0 Å². The molecule has 0 bridgehead atoms. The van der Waals surface area contributed by atoms with E-state index in [2.05, 4.69) is 19.2 Å². The van der Waals surface area contributed by atoms with Crippen molar-refractivity contribution in [3.63, 3.8) is 0 Å². The molecule has 0 aromatic heterocycles. The lowest BCUT2D eigenvalue weighted by Crippen LogP contribution is -2.38. The summed E-state index contributed by atoms with van der Waals surface area (Å²) >= 11 is 0. The molecule has 0 aliphatic rings. The van der Waals surface area contributed by atoms with Crippen LogP contribution in [0.2, 0.25) is 0 Å². The molecule has 0 aliphatic heterocycles. The van der Waals surface area contributed by atoms with Gasteiger partial charge in [-0.05, 0) is 25.3 Å². The molecule has 0 fully saturated rings. The van der Waals surface area contributed by atoms with Gasteiger partial charge in [0, 0.05) is 24.7 Å². The molecule has 0 heterocycles. The third-order valence-electron chi connectivity index (χ3n) is 3.16. The van der Waals surface area contributed by atoms with Crippen molar-refractivity contribution >= 4 is 0 Å². The van der Waals surface area contributed by atoms with E-state index in [0.29, 0.717) is 19.0 Å². The molecule has 4 heteroatoms. The van der Waals surface area contributed by atoms with Crippen LogP contribution in [-0.4, -0.2) is 31.5 Å². The molecular weight excluding hydrogens is 254 g/mol. The Kier molecular flexibility index (Phi) is 6.30. The van der Waals surface area contributed by atoms with E-state index in [-0.39, 0.29) is 0 Å². The van der Waals surface area contributed by atoms with Crippen LogP contribution in [0.15, 0.2) is 18.2 Å². The number of rotatable bonds is 8. The van der Waals surface area contributed by atoms with Crippen molar-refractivity contribution in [3.8, 4) is 11.5 Å². The summed E-state index contributed by atoms with van der Waals surface area (Å²) in [6, 6.07) is 5.75. The van der Waals surface area contributed by atoms with Gasteiger partial charge in [0.15, 0.2) is 0 Å². The fourth-order valence-electron chi connectivity index (χ4n) is 2.42. The molecule has 0 radical (unpaired) electrons. The highest BCUT2D eigenvalue weighted by atomic mass is 16.5. The number of benzene rings is 1. The van der Waals surface area contributed by atoms with Gasteiger partial charge in [-0.2, -0.15) is 0 Å². The molecule has 0 spiro atoms. The maximum atomic E-state index is 10.3. The number of hydrogen-bond donors (Lipinski definition) is 2. The third kappa shape index (κ3) is 5.39. The predicted octanol–water partition coefficient (Wildman–Crippen LogP) is 2.59. The highest BCUT2D eigenvalue weighted by Crippen LogP contribution is 2.24. The van der Waals surface area contributed by atoms with Crippen molar-refractivity contribution in [1.82, 2.24) is 5.32 Å². The normalized spacial score (nSPS) is 14.2. The second kappa shape index (κ2) is 7.50. The smallest absolute Gasteiger partial charge is 0.127 e. The summed E-state index contributed by atoms with van der Waals surface area (Å²) < 4.78 is 10.5. The summed E-state index contributed by atoms with van der Waals surface area (Å²) in [6.45, 7) is 7.30. The van der Waals surface area contributed by atoms with Crippen LogP contribution >= 0.6 is 0 Å². The van der Waals surface area contributed by atoms with E-state index in [4.69, 9.17) is 9.47 Å². The first-order chi connectivity index (χ1) is 9.38. The summed E-state index contributed by atoms with van der Waals surface area (Å²) in [5.74, 6) is 2.04. The van der Waals surface area contributed by atoms with E-state index >= 15 is 0 Å². The minimum Gasteiger partial charge on any atom is -0.497 e. The van der Waals surface area contributed by atoms with Crippen molar-refractivity contribution in [2.75, 3.05) is 20.8 Å². The fourth-order valence-corrected chi connectivity index (χ4v) is 2.42. The van der Waals surface area contributed by atoms with Crippen LogP contribution in [0.3, 0.4) is 0 Å². The first-order valence-electron chi connectivity index (χ1n) is 7.02. The van der Waals surface area contributed by atoms with Crippen molar-refractivity contribution in [2.45, 2.75) is 39.3 Å². The van der Waals surface area contributed by atoms with Gasteiger partial charge in [0.05, 0.1) is 19.8 Å². The monoisotopic (exact) mass is 281 g/mol. The number of hydrogen-bond acceptors (Lipinski definition) is 4. The second-order valence-electron chi connectivity index (χ2n) is 5.88. The molecule has 114 valence electrons. The van der Waals surface area contributed by atoms with Crippen molar-refractivity contribution in [2.24, 2.45) is 5.92 Å². The Balaban J connectivity index is 2.57. The molecule has 0 amide bonds. The number of methoxy groups -OCH3 is 2. The van der Waals surface area contributed by atoms with E-state index in [1.165, 1.54) is 0 Å². The average molecular weight is 281 g/mol. The van der Waals surface area contributed by atoms with Gasteiger partial charge >= 0.3 is 0 Å². The Hall–Kier alpha value is -1.26. The van der Waals surface area contributed by atoms with E-state index in [1.54, 1.807) is 14.2 Å². The lowest BCUT2D eigenvalue weighted by molar-refractivity contribution is 0.0383. The zero-order valence-corrected chi connectivity index (χ0v) is 13.2. The lowest BCUT2D eigenvalue weighted by Gasteiger charge is -2.26. The van der Waals surface area contributed by atoms with Gasteiger partial charge in [0.1, 0.15) is 11.5 Å². The molecule has 0 saturated heterocycles. The molecule has 0 saturated carbocycles. The SMILES string of the molecule is COc1ccc(CNCC(C)(O)CC(C)C)c(OC)c1. The Labute approximate surface area is 122 Å². The van der Waals surface area contributed by atoms with Gasteiger partial charge in [-0.3, -0.25) is 0 Å². The molecule has 4 nitrogen and oxygen atoms in total. The second-order valence-corrected chi connectivity index (χ2v) is 5.88. The zero-order chi connectivity index (χ0) is 15.2. The molecule has 20 heavy (non-hydrogen) atoms. The van der Waals surface area contributed by atoms with Gasteiger partial charge < -0.3 is 19.9 Å². The lowest BCUT2D eigenvalue weighted by atomic mass is 9.94. The number of nitrogens with one attached hydrogen (secondary N) is 1. The predicted molar refractivity (Wildman–Crippen MR) is 81.3 cm³/mol. The van der Waals surface area contributed by atoms with E-state index in [0.717, 1.165) is 23.5 Å². The van der Waals surface area contributed by atoms with Gasteiger partial charge in [-0.25, -0.2) is 0 Å². The van der Waals surface area contributed by atoms with E-state index in [1.807, 2.05) is 25.1 Å². The van der Waals surface area contributed by atoms with Crippen molar-refractivity contribution < 1.29 is 14.6 Å². The van der Waals surface area contributed by atoms with Crippen LogP contribution < -0.4 is 14.8 Å². The summed E-state index contributed by atoms with van der Waals surface area (Å²) in [6.07, 6.45) is 0.778. The highest BCUT2D eigenvalue weighted by molar-refractivity contribution is 5.40. The zero-order valence-electron chi connectivity index (χ0n) is 13.2. The van der Waals surface area contributed by atoms with Crippen LogP contribution in [0.4, 0.5) is 0 Å². The molecule has 1 unspecified atom stereocenters. The molecule has 0 aliphatic carbocycles. The fraction of sp³-hybridized carbons (Fsp3) is 0.625. The van der Waals surface area contributed by atoms with E-state index in [9.17, 15) is 5.11 Å². The topological polar surface area (TPSA) is 50.7 Å². The number of aliphatic hydroxyl groups is 1. The minimum absolute atomic E-state index is 0.474. The summed E-state index contributed by atoms with van der Waals surface area (Å²) in [4.78, 5) is 0. The van der Waals surface area contributed by atoms with Crippen LogP contribution in [0.25, 0.3) is 0 Å². The Morgan fingerprint density at radius 3 is 2.50 bits per heavy atom. The van der Waals surface area contributed by atoms with Crippen molar-refractivity contribution in [1.29, 1.82) is 0 Å².